The number of pyridine rings is 1. The maximum Gasteiger partial charge on any atom is 0.416 e. The molecule has 176 valence electrons. The van der Waals surface area contributed by atoms with Gasteiger partial charge < -0.3 is 10.1 Å². The van der Waals surface area contributed by atoms with E-state index in [0.717, 1.165) is 31.0 Å². The third-order valence-corrected chi connectivity index (χ3v) is 5.23. The molecule has 0 spiro atoms. The van der Waals surface area contributed by atoms with Gasteiger partial charge in [0.15, 0.2) is 0 Å². The predicted octanol–water partition coefficient (Wildman–Crippen LogP) is 5.73. The summed E-state index contributed by atoms with van der Waals surface area (Å²) in [4.78, 5) is 28.3. The molecule has 1 aliphatic carbocycles. The number of ketones is 1. The second-order valence-corrected chi connectivity index (χ2v) is 8.09. The zero-order chi connectivity index (χ0) is 24.3. The van der Waals surface area contributed by atoms with Gasteiger partial charge in [-0.15, -0.1) is 0 Å². The Bertz CT molecular complexity index is 1220. The zero-order valence-corrected chi connectivity index (χ0v) is 17.9. The van der Waals surface area contributed by atoms with Crippen LogP contribution < -0.4 is 10.1 Å². The standard InChI is InChI=1S/C25H20F4N2O3/c26-22-13-20(34-21-8-9-30-23(14-21)31-24(33)16-4-5-16)7-6-17(22)12-19(32)11-15-2-1-3-18(10-15)25(27,28)29/h1-3,6-10,13-14,16H,4-5,11-12H2,(H,30,31,33). The second-order valence-electron chi connectivity index (χ2n) is 8.09. The first-order valence-corrected chi connectivity index (χ1v) is 10.6. The molecule has 2 aromatic carbocycles. The molecule has 0 atom stereocenters. The molecule has 1 heterocycles. The van der Waals surface area contributed by atoms with Crippen LogP contribution >= 0.6 is 0 Å². The molecule has 0 radical (unpaired) electrons. The Hall–Kier alpha value is -3.75. The van der Waals surface area contributed by atoms with Gasteiger partial charge >= 0.3 is 6.18 Å². The summed E-state index contributed by atoms with van der Waals surface area (Å²) in [6.45, 7) is 0. The van der Waals surface area contributed by atoms with Gasteiger partial charge in [-0.2, -0.15) is 13.2 Å². The van der Waals surface area contributed by atoms with Crippen molar-refractivity contribution in [1.29, 1.82) is 0 Å². The third-order valence-electron chi connectivity index (χ3n) is 5.23. The number of ether oxygens (including phenoxy) is 1. The van der Waals surface area contributed by atoms with Crippen LogP contribution in [0.1, 0.15) is 29.5 Å². The molecule has 0 unspecified atom stereocenters. The lowest BCUT2D eigenvalue weighted by molar-refractivity contribution is -0.137. The number of benzene rings is 2. The average Bonchev–Trinajstić information content (AvgIpc) is 3.61. The van der Waals surface area contributed by atoms with Crippen molar-refractivity contribution in [3.8, 4) is 11.5 Å². The molecule has 1 aromatic heterocycles. The minimum atomic E-state index is -4.50. The molecule has 0 saturated heterocycles. The number of amides is 1. The molecule has 0 bridgehead atoms. The molecule has 34 heavy (non-hydrogen) atoms. The van der Waals surface area contributed by atoms with Crippen molar-refractivity contribution < 1.29 is 31.9 Å². The first-order valence-electron chi connectivity index (χ1n) is 10.6. The molecule has 4 rings (SSSR count). The highest BCUT2D eigenvalue weighted by Crippen LogP contribution is 2.31. The summed E-state index contributed by atoms with van der Waals surface area (Å²) < 4.78 is 58.7. The minimum Gasteiger partial charge on any atom is -0.457 e. The van der Waals surface area contributed by atoms with Crippen molar-refractivity contribution >= 4 is 17.5 Å². The molecular formula is C25H20F4N2O3. The summed E-state index contributed by atoms with van der Waals surface area (Å²) in [6.07, 6.45) is -1.84. The number of carbonyl (C=O) groups is 2. The summed E-state index contributed by atoms with van der Waals surface area (Å²) in [6, 6.07) is 11.6. The van der Waals surface area contributed by atoms with Gasteiger partial charge in [-0.25, -0.2) is 9.37 Å². The number of nitrogens with zero attached hydrogens (tertiary/aromatic N) is 1. The molecule has 3 aromatic rings. The van der Waals surface area contributed by atoms with Crippen LogP contribution in [0, 0.1) is 11.7 Å². The highest BCUT2D eigenvalue weighted by Gasteiger charge is 2.31. The van der Waals surface area contributed by atoms with E-state index in [1.54, 1.807) is 6.07 Å². The topological polar surface area (TPSA) is 68.3 Å². The highest BCUT2D eigenvalue weighted by molar-refractivity contribution is 5.93. The zero-order valence-electron chi connectivity index (χ0n) is 17.9. The van der Waals surface area contributed by atoms with E-state index in [-0.39, 0.29) is 41.5 Å². The molecule has 1 aliphatic rings. The van der Waals surface area contributed by atoms with Gasteiger partial charge in [-0.3, -0.25) is 9.59 Å². The Morgan fingerprint density at radius 3 is 2.47 bits per heavy atom. The van der Waals surface area contributed by atoms with E-state index in [2.05, 4.69) is 10.3 Å². The molecule has 1 N–H and O–H groups in total. The van der Waals surface area contributed by atoms with Gasteiger partial charge in [0.2, 0.25) is 5.91 Å². The first-order chi connectivity index (χ1) is 16.2. The van der Waals surface area contributed by atoms with Crippen LogP contribution in [0.4, 0.5) is 23.4 Å². The number of nitrogens with one attached hydrogen (secondary N) is 1. The van der Waals surface area contributed by atoms with Crippen LogP contribution in [0.5, 0.6) is 11.5 Å². The smallest absolute Gasteiger partial charge is 0.416 e. The molecule has 1 amide bonds. The van der Waals surface area contributed by atoms with E-state index in [9.17, 15) is 27.2 Å². The fraction of sp³-hybridized carbons (Fsp3) is 0.240. The Morgan fingerprint density at radius 1 is 1.00 bits per heavy atom. The maximum atomic E-state index is 14.6. The van der Waals surface area contributed by atoms with Gasteiger partial charge in [-0.1, -0.05) is 24.3 Å². The van der Waals surface area contributed by atoms with Crippen LogP contribution in [0.25, 0.3) is 0 Å². The number of alkyl halides is 3. The summed E-state index contributed by atoms with van der Waals surface area (Å²) in [5.41, 5.74) is -0.518. The van der Waals surface area contributed by atoms with Crippen molar-refractivity contribution in [2.24, 2.45) is 5.92 Å². The minimum absolute atomic E-state index is 0.0179. The predicted molar refractivity (Wildman–Crippen MR) is 116 cm³/mol. The number of Topliss-reactive ketones (excluding diaryl/α,β-unsaturated/α-hetero) is 1. The highest BCUT2D eigenvalue weighted by atomic mass is 19.4. The number of carbonyl (C=O) groups excluding carboxylic acids is 2. The molecule has 5 nitrogen and oxygen atoms in total. The number of rotatable bonds is 8. The Balaban J connectivity index is 1.38. The number of hydrogen-bond acceptors (Lipinski definition) is 4. The van der Waals surface area contributed by atoms with Crippen molar-refractivity contribution in [1.82, 2.24) is 4.98 Å². The van der Waals surface area contributed by atoms with Crippen molar-refractivity contribution in [2.75, 3.05) is 5.32 Å². The lowest BCUT2D eigenvalue weighted by Gasteiger charge is -2.10. The molecule has 1 saturated carbocycles. The number of halogens is 4. The van der Waals surface area contributed by atoms with Crippen LogP contribution in [0.3, 0.4) is 0 Å². The van der Waals surface area contributed by atoms with Gasteiger partial charge in [0, 0.05) is 37.1 Å². The monoisotopic (exact) mass is 472 g/mol. The van der Waals surface area contributed by atoms with E-state index in [1.807, 2.05) is 0 Å². The summed E-state index contributed by atoms with van der Waals surface area (Å²) in [7, 11) is 0. The lowest BCUT2D eigenvalue weighted by atomic mass is 10.0. The lowest BCUT2D eigenvalue weighted by Crippen LogP contribution is -2.14. The fourth-order valence-electron chi connectivity index (χ4n) is 3.35. The number of aromatic nitrogens is 1. The molecule has 9 heteroatoms. The summed E-state index contributed by atoms with van der Waals surface area (Å²) in [5, 5.41) is 2.70. The van der Waals surface area contributed by atoms with E-state index in [0.29, 0.717) is 11.6 Å². The van der Waals surface area contributed by atoms with E-state index in [1.165, 1.54) is 36.5 Å². The van der Waals surface area contributed by atoms with Crippen LogP contribution in [-0.4, -0.2) is 16.7 Å². The van der Waals surface area contributed by atoms with Crippen LogP contribution in [0.15, 0.2) is 60.8 Å². The van der Waals surface area contributed by atoms with E-state index < -0.39 is 23.3 Å². The molecule has 1 fully saturated rings. The summed E-state index contributed by atoms with van der Waals surface area (Å²) >= 11 is 0. The Labute approximate surface area is 192 Å². The normalized spacial score (nSPS) is 13.4. The molecular weight excluding hydrogens is 452 g/mol. The van der Waals surface area contributed by atoms with Crippen molar-refractivity contribution in [3.63, 3.8) is 0 Å². The maximum absolute atomic E-state index is 14.6. The quantitative estimate of drug-likeness (QED) is 0.425. The van der Waals surface area contributed by atoms with Gasteiger partial charge in [0.05, 0.1) is 5.56 Å². The van der Waals surface area contributed by atoms with Gasteiger partial charge in [-0.05, 0) is 42.2 Å². The molecule has 0 aliphatic heterocycles. The average molecular weight is 472 g/mol. The fourth-order valence-corrected chi connectivity index (χ4v) is 3.35. The van der Waals surface area contributed by atoms with Gasteiger partial charge in [0.1, 0.15) is 28.9 Å². The third kappa shape index (κ3) is 6.18. The number of hydrogen-bond donors (Lipinski definition) is 1. The van der Waals surface area contributed by atoms with Crippen LogP contribution in [-0.2, 0) is 28.6 Å². The second kappa shape index (κ2) is 9.62. The van der Waals surface area contributed by atoms with Gasteiger partial charge in [0.25, 0.3) is 0 Å². The summed E-state index contributed by atoms with van der Waals surface area (Å²) in [5.74, 6) is -0.333. The van der Waals surface area contributed by atoms with Crippen molar-refractivity contribution in [3.05, 3.63) is 83.3 Å². The SMILES string of the molecule is O=C(Cc1cccc(C(F)(F)F)c1)Cc1ccc(Oc2ccnc(NC(=O)C3CC3)c2)cc1F. The largest absolute Gasteiger partial charge is 0.457 e. The van der Waals surface area contributed by atoms with Crippen molar-refractivity contribution in [2.45, 2.75) is 31.9 Å². The van der Waals surface area contributed by atoms with E-state index in [4.69, 9.17) is 4.74 Å². The van der Waals surface area contributed by atoms with E-state index >= 15 is 0 Å². The number of anilines is 1. The first kappa shape index (κ1) is 23.4. The Morgan fingerprint density at radius 2 is 1.76 bits per heavy atom. The van der Waals surface area contributed by atoms with Crippen LogP contribution in [0.2, 0.25) is 0 Å². The Kier molecular flexibility index (Phi) is 6.63.